The van der Waals surface area contributed by atoms with Crippen molar-refractivity contribution in [3.05, 3.63) is 12.1 Å². The lowest BCUT2D eigenvalue weighted by molar-refractivity contribution is -0.115. The molecule has 1 aromatic rings. The van der Waals surface area contributed by atoms with Gasteiger partial charge in [0.15, 0.2) is 0 Å². The minimum atomic E-state index is -0.254. The average molecular weight is 222 g/mol. The molecule has 0 saturated carbocycles. The molecular formula is C10H14N4O2. The Morgan fingerprint density at radius 1 is 0.938 bits per heavy atom. The van der Waals surface area contributed by atoms with Crippen LogP contribution in [0.15, 0.2) is 12.1 Å². The Morgan fingerprint density at radius 2 is 1.25 bits per heavy atom. The second kappa shape index (κ2) is 4.52. The highest BCUT2D eigenvalue weighted by Gasteiger charge is 2.08. The summed E-state index contributed by atoms with van der Waals surface area (Å²) in [6, 6.07) is 3.00. The van der Waals surface area contributed by atoms with Crippen molar-refractivity contribution >= 4 is 34.6 Å². The molecular weight excluding hydrogens is 208 g/mol. The number of nitrogens with one attached hydrogen (secondary N) is 2. The number of benzene rings is 1. The molecule has 0 aliphatic rings. The molecule has 6 heteroatoms. The Labute approximate surface area is 93.0 Å². The molecule has 0 radical (unpaired) electrons. The highest BCUT2D eigenvalue weighted by Crippen LogP contribution is 2.29. The van der Waals surface area contributed by atoms with E-state index in [4.69, 9.17) is 11.5 Å². The summed E-state index contributed by atoms with van der Waals surface area (Å²) in [7, 11) is 0. The maximum Gasteiger partial charge on any atom is 0.221 e. The molecule has 0 spiro atoms. The molecule has 1 aromatic carbocycles. The van der Waals surface area contributed by atoms with Crippen LogP contribution in [0, 0.1) is 0 Å². The minimum absolute atomic E-state index is 0.254. The Hall–Kier alpha value is -2.24. The zero-order valence-corrected chi connectivity index (χ0v) is 9.13. The zero-order chi connectivity index (χ0) is 12.3. The van der Waals surface area contributed by atoms with E-state index in [2.05, 4.69) is 10.6 Å². The van der Waals surface area contributed by atoms with E-state index in [0.29, 0.717) is 22.7 Å². The molecule has 0 heterocycles. The Morgan fingerprint density at radius 3 is 1.50 bits per heavy atom. The first-order valence-electron chi connectivity index (χ1n) is 4.64. The summed E-state index contributed by atoms with van der Waals surface area (Å²) in [5.74, 6) is -0.508. The van der Waals surface area contributed by atoms with Gasteiger partial charge in [-0.3, -0.25) is 9.59 Å². The van der Waals surface area contributed by atoms with Crippen LogP contribution in [-0.4, -0.2) is 11.8 Å². The van der Waals surface area contributed by atoms with Crippen molar-refractivity contribution in [3.8, 4) is 0 Å². The van der Waals surface area contributed by atoms with Gasteiger partial charge in [-0.1, -0.05) is 0 Å². The lowest BCUT2D eigenvalue weighted by Crippen LogP contribution is -2.13. The van der Waals surface area contributed by atoms with E-state index in [0.717, 1.165) is 0 Å². The standard InChI is InChI=1S/C10H14N4O2/c1-5(15)13-9-3-7(11)8(12)4-10(9)14-6(2)16/h3-4H,11-12H2,1-2H3,(H,13,15)(H,14,16). The molecule has 0 aromatic heterocycles. The van der Waals surface area contributed by atoms with Crippen molar-refractivity contribution < 1.29 is 9.59 Å². The number of nitrogen functional groups attached to an aromatic ring is 2. The number of carbonyl (C=O) groups excluding carboxylic acids is 2. The smallest absolute Gasteiger partial charge is 0.221 e. The number of anilines is 4. The third-order valence-corrected chi connectivity index (χ3v) is 1.84. The Balaban J connectivity index is 3.15. The molecule has 2 amide bonds. The summed E-state index contributed by atoms with van der Waals surface area (Å²) in [6.07, 6.45) is 0. The quantitative estimate of drug-likeness (QED) is 0.554. The van der Waals surface area contributed by atoms with E-state index in [1.54, 1.807) is 0 Å². The molecule has 1 rings (SSSR count). The molecule has 0 saturated heterocycles. The lowest BCUT2D eigenvalue weighted by Gasteiger charge is -2.12. The molecule has 0 unspecified atom stereocenters. The first-order chi connectivity index (χ1) is 7.40. The predicted octanol–water partition coefficient (Wildman–Crippen LogP) is 0.768. The summed E-state index contributed by atoms with van der Waals surface area (Å²) in [5, 5.41) is 5.12. The predicted molar refractivity (Wildman–Crippen MR) is 63.9 cm³/mol. The number of nitrogens with two attached hydrogens (primary N) is 2. The van der Waals surface area contributed by atoms with Crippen LogP contribution in [0.3, 0.4) is 0 Å². The minimum Gasteiger partial charge on any atom is -0.397 e. The van der Waals surface area contributed by atoms with Gasteiger partial charge in [-0.05, 0) is 12.1 Å². The van der Waals surface area contributed by atoms with Crippen LogP contribution < -0.4 is 22.1 Å². The Kier molecular flexibility index (Phi) is 3.34. The van der Waals surface area contributed by atoms with Gasteiger partial charge in [0, 0.05) is 13.8 Å². The van der Waals surface area contributed by atoms with Gasteiger partial charge in [0.2, 0.25) is 11.8 Å². The van der Waals surface area contributed by atoms with Crippen LogP contribution in [0.25, 0.3) is 0 Å². The van der Waals surface area contributed by atoms with E-state index >= 15 is 0 Å². The van der Waals surface area contributed by atoms with Gasteiger partial charge in [-0.2, -0.15) is 0 Å². The molecule has 0 bridgehead atoms. The van der Waals surface area contributed by atoms with E-state index < -0.39 is 0 Å². The topological polar surface area (TPSA) is 110 Å². The van der Waals surface area contributed by atoms with Gasteiger partial charge in [-0.25, -0.2) is 0 Å². The summed E-state index contributed by atoms with van der Waals surface area (Å²) in [5.41, 5.74) is 12.8. The fraction of sp³-hybridized carbons (Fsp3) is 0.200. The van der Waals surface area contributed by atoms with Crippen molar-refractivity contribution in [2.24, 2.45) is 0 Å². The number of hydrogen-bond acceptors (Lipinski definition) is 4. The normalized spacial score (nSPS) is 9.62. The second-order valence-corrected chi connectivity index (χ2v) is 3.39. The second-order valence-electron chi connectivity index (χ2n) is 3.39. The molecule has 86 valence electrons. The molecule has 6 N–H and O–H groups in total. The first-order valence-corrected chi connectivity index (χ1v) is 4.64. The molecule has 0 atom stereocenters. The monoisotopic (exact) mass is 222 g/mol. The average Bonchev–Trinajstić information content (AvgIpc) is 2.11. The van der Waals surface area contributed by atoms with Crippen LogP contribution in [0.1, 0.15) is 13.8 Å². The van der Waals surface area contributed by atoms with Gasteiger partial charge in [0.05, 0.1) is 22.7 Å². The third-order valence-electron chi connectivity index (χ3n) is 1.84. The van der Waals surface area contributed by atoms with Gasteiger partial charge >= 0.3 is 0 Å². The summed E-state index contributed by atoms with van der Waals surface area (Å²) in [6.45, 7) is 2.73. The van der Waals surface area contributed by atoms with E-state index in [1.165, 1.54) is 26.0 Å². The number of carbonyl (C=O) groups is 2. The van der Waals surface area contributed by atoms with Crippen LogP contribution in [0.4, 0.5) is 22.7 Å². The van der Waals surface area contributed by atoms with Crippen molar-refractivity contribution in [1.29, 1.82) is 0 Å². The number of amides is 2. The highest BCUT2D eigenvalue weighted by atomic mass is 16.2. The molecule has 0 aliphatic heterocycles. The van der Waals surface area contributed by atoms with E-state index in [1.807, 2.05) is 0 Å². The fourth-order valence-electron chi connectivity index (χ4n) is 1.22. The first kappa shape index (κ1) is 11.8. The number of hydrogen-bond donors (Lipinski definition) is 4. The summed E-state index contributed by atoms with van der Waals surface area (Å²) < 4.78 is 0. The van der Waals surface area contributed by atoms with Gasteiger partial charge in [0.1, 0.15) is 0 Å². The van der Waals surface area contributed by atoms with Crippen molar-refractivity contribution in [3.63, 3.8) is 0 Å². The van der Waals surface area contributed by atoms with Crippen LogP contribution >= 0.6 is 0 Å². The summed E-state index contributed by atoms with van der Waals surface area (Å²) >= 11 is 0. The SMILES string of the molecule is CC(=O)Nc1cc(N)c(N)cc1NC(C)=O. The molecule has 16 heavy (non-hydrogen) atoms. The van der Waals surface area contributed by atoms with Crippen LogP contribution in [0.5, 0.6) is 0 Å². The maximum absolute atomic E-state index is 11.0. The number of rotatable bonds is 2. The van der Waals surface area contributed by atoms with Gasteiger partial charge in [-0.15, -0.1) is 0 Å². The largest absolute Gasteiger partial charge is 0.397 e. The van der Waals surface area contributed by atoms with Crippen molar-refractivity contribution in [2.45, 2.75) is 13.8 Å². The highest BCUT2D eigenvalue weighted by molar-refractivity contribution is 6.00. The maximum atomic E-state index is 11.0. The fourth-order valence-corrected chi connectivity index (χ4v) is 1.22. The van der Waals surface area contributed by atoms with Crippen LogP contribution in [0.2, 0.25) is 0 Å². The van der Waals surface area contributed by atoms with Crippen molar-refractivity contribution in [1.82, 2.24) is 0 Å². The third kappa shape index (κ3) is 2.88. The van der Waals surface area contributed by atoms with Crippen LogP contribution in [-0.2, 0) is 9.59 Å². The van der Waals surface area contributed by atoms with E-state index in [-0.39, 0.29) is 11.8 Å². The van der Waals surface area contributed by atoms with Crippen molar-refractivity contribution in [2.75, 3.05) is 22.1 Å². The Bertz CT molecular complexity index is 402. The zero-order valence-electron chi connectivity index (χ0n) is 9.13. The van der Waals surface area contributed by atoms with Gasteiger partial charge in [0.25, 0.3) is 0 Å². The lowest BCUT2D eigenvalue weighted by atomic mass is 10.2. The van der Waals surface area contributed by atoms with Gasteiger partial charge < -0.3 is 22.1 Å². The molecule has 0 fully saturated rings. The molecule has 0 aliphatic carbocycles. The summed E-state index contributed by atoms with van der Waals surface area (Å²) in [4.78, 5) is 21.9. The molecule has 6 nitrogen and oxygen atoms in total. The van der Waals surface area contributed by atoms with E-state index in [9.17, 15) is 9.59 Å².